The zero-order chi connectivity index (χ0) is 12.8. The van der Waals surface area contributed by atoms with Crippen LogP contribution in [0.5, 0.6) is 0 Å². The number of carbonyl (C=O) groups is 1. The summed E-state index contributed by atoms with van der Waals surface area (Å²) in [6.07, 6.45) is 0. The molecule has 0 saturated carbocycles. The molecular weight excluding hydrogens is 261 g/mol. The molecule has 1 rings (SSSR count). The highest BCUT2D eigenvalue weighted by molar-refractivity contribution is 6.31. The van der Waals surface area contributed by atoms with Crippen LogP contribution in [0.1, 0.15) is 15.9 Å². The highest BCUT2D eigenvalue weighted by atomic mass is 35.5. The van der Waals surface area contributed by atoms with Crippen molar-refractivity contribution in [3.63, 3.8) is 0 Å². The number of hydrogen-bond acceptors (Lipinski definition) is 2. The number of carbonyl (C=O) groups excluding carboxylic acids is 1. The largest absolute Gasteiger partial charge is 0.383 e. The predicted molar refractivity (Wildman–Crippen MR) is 70.0 cm³/mol. The smallest absolute Gasteiger partial charge is 0.251 e. The third kappa shape index (κ3) is 4.19. The summed E-state index contributed by atoms with van der Waals surface area (Å²) in [5.74, 6) is 0.138. The van der Waals surface area contributed by atoms with E-state index in [-0.39, 0.29) is 11.9 Å². The number of aryl methyl sites for hydroxylation is 1. The summed E-state index contributed by atoms with van der Waals surface area (Å²) in [6, 6.07) is 4.95. The van der Waals surface area contributed by atoms with Crippen molar-refractivity contribution in [1.82, 2.24) is 5.32 Å². The summed E-state index contributed by atoms with van der Waals surface area (Å²) in [6.45, 7) is 2.25. The molecule has 17 heavy (non-hydrogen) atoms. The summed E-state index contributed by atoms with van der Waals surface area (Å²) in [7, 11) is 1.57. The van der Waals surface area contributed by atoms with Crippen LogP contribution in [0.4, 0.5) is 0 Å². The highest BCUT2D eigenvalue weighted by Crippen LogP contribution is 2.16. The quantitative estimate of drug-likeness (QED) is 0.839. The van der Waals surface area contributed by atoms with Gasteiger partial charge in [-0.2, -0.15) is 0 Å². The number of alkyl halides is 1. The number of nitrogens with one attached hydrogen (secondary N) is 1. The molecule has 1 unspecified atom stereocenters. The van der Waals surface area contributed by atoms with Crippen molar-refractivity contribution < 1.29 is 9.53 Å². The first-order valence-electron chi connectivity index (χ1n) is 5.20. The fourth-order valence-corrected chi connectivity index (χ4v) is 1.66. The van der Waals surface area contributed by atoms with Crippen LogP contribution in [0, 0.1) is 6.92 Å². The number of benzene rings is 1. The average Bonchev–Trinajstić information content (AvgIpc) is 2.31. The number of halogens is 2. The Labute approximate surface area is 111 Å². The SMILES string of the molecule is COCC(CCl)NC(=O)c1ccc(Cl)c(C)c1. The molecule has 3 nitrogen and oxygen atoms in total. The van der Waals surface area contributed by atoms with Crippen LogP contribution in [0.3, 0.4) is 0 Å². The number of methoxy groups -OCH3 is 1. The molecule has 1 aromatic carbocycles. The Morgan fingerprint density at radius 1 is 1.53 bits per heavy atom. The highest BCUT2D eigenvalue weighted by Gasteiger charge is 2.13. The molecule has 0 aliphatic rings. The lowest BCUT2D eigenvalue weighted by molar-refractivity contribution is 0.0907. The molecule has 5 heteroatoms. The van der Waals surface area contributed by atoms with Gasteiger partial charge in [0, 0.05) is 23.6 Å². The monoisotopic (exact) mass is 275 g/mol. The van der Waals surface area contributed by atoms with Crippen molar-refractivity contribution in [2.45, 2.75) is 13.0 Å². The second-order valence-electron chi connectivity index (χ2n) is 3.74. The molecule has 1 atom stereocenters. The molecule has 0 heterocycles. The third-order valence-corrected chi connectivity index (χ3v) is 3.11. The van der Waals surface area contributed by atoms with E-state index in [4.69, 9.17) is 27.9 Å². The Bertz CT molecular complexity index is 396. The van der Waals surface area contributed by atoms with Gasteiger partial charge in [0.15, 0.2) is 0 Å². The van der Waals surface area contributed by atoms with E-state index in [0.29, 0.717) is 23.1 Å². The van der Waals surface area contributed by atoms with Gasteiger partial charge in [0.25, 0.3) is 5.91 Å². The normalized spacial score (nSPS) is 12.2. The van der Waals surface area contributed by atoms with Gasteiger partial charge in [-0.1, -0.05) is 11.6 Å². The van der Waals surface area contributed by atoms with Gasteiger partial charge in [-0.05, 0) is 30.7 Å². The zero-order valence-electron chi connectivity index (χ0n) is 9.80. The van der Waals surface area contributed by atoms with E-state index in [1.54, 1.807) is 25.3 Å². The van der Waals surface area contributed by atoms with Crippen LogP contribution >= 0.6 is 23.2 Å². The second-order valence-corrected chi connectivity index (χ2v) is 4.46. The Balaban J connectivity index is 2.72. The van der Waals surface area contributed by atoms with Crippen molar-refractivity contribution >= 4 is 29.1 Å². The molecule has 1 aromatic rings. The van der Waals surface area contributed by atoms with Gasteiger partial charge in [-0.15, -0.1) is 11.6 Å². The lowest BCUT2D eigenvalue weighted by atomic mass is 10.1. The Kier molecular flexibility index (Phi) is 5.75. The van der Waals surface area contributed by atoms with Crippen molar-refractivity contribution in [1.29, 1.82) is 0 Å². The van der Waals surface area contributed by atoms with Crippen molar-refractivity contribution in [3.8, 4) is 0 Å². The number of hydrogen-bond donors (Lipinski definition) is 1. The topological polar surface area (TPSA) is 38.3 Å². The van der Waals surface area contributed by atoms with Gasteiger partial charge < -0.3 is 10.1 Å². The molecule has 94 valence electrons. The van der Waals surface area contributed by atoms with Crippen LogP contribution in [0.15, 0.2) is 18.2 Å². The van der Waals surface area contributed by atoms with Gasteiger partial charge >= 0.3 is 0 Å². The lowest BCUT2D eigenvalue weighted by Gasteiger charge is -2.15. The van der Waals surface area contributed by atoms with E-state index in [0.717, 1.165) is 5.56 Å². The molecule has 0 aliphatic carbocycles. The molecule has 1 N–H and O–H groups in total. The van der Waals surface area contributed by atoms with Gasteiger partial charge in [-0.25, -0.2) is 0 Å². The summed E-state index contributed by atoms with van der Waals surface area (Å²) >= 11 is 11.6. The standard InChI is InChI=1S/C12H15Cl2NO2/c1-8-5-9(3-4-11(8)14)12(16)15-10(6-13)7-17-2/h3-5,10H,6-7H2,1-2H3,(H,15,16). The third-order valence-electron chi connectivity index (χ3n) is 2.31. The van der Waals surface area contributed by atoms with Gasteiger partial charge in [0.2, 0.25) is 0 Å². The van der Waals surface area contributed by atoms with E-state index < -0.39 is 0 Å². The van der Waals surface area contributed by atoms with Crippen LogP contribution in [0.25, 0.3) is 0 Å². The summed E-state index contributed by atoms with van der Waals surface area (Å²) in [5.41, 5.74) is 1.44. The molecule has 0 fully saturated rings. The fourth-order valence-electron chi connectivity index (χ4n) is 1.38. The minimum absolute atomic E-state index is 0.174. The molecule has 1 amide bonds. The van der Waals surface area contributed by atoms with Gasteiger partial charge in [0.1, 0.15) is 0 Å². The predicted octanol–water partition coefficient (Wildman–Crippen LogP) is 2.63. The van der Waals surface area contributed by atoms with Gasteiger partial charge in [0.05, 0.1) is 12.6 Å². The average molecular weight is 276 g/mol. The van der Waals surface area contributed by atoms with E-state index >= 15 is 0 Å². The van der Waals surface area contributed by atoms with Crippen LogP contribution < -0.4 is 5.32 Å². The van der Waals surface area contributed by atoms with E-state index in [1.807, 2.05) is 6.92 Å². The molecule has 0 aliphatic heterocycles. The molecular formula is C12H15Cl2NO2. The van der Waals surface area contributed by atoms with Crippen LogP contribution in [0.2, 0.25) is 5.02 Å². The van der Waals surface area contributed by atoms with E-state index in [9.17, 15) is 4.79 Å². The minimum Gasteiger partial charge on any atom is -0.383 e. The Morgan fingerprint density at radius 2 is 2.24 bits per heavy atom. The molecule has 0 saturated heterocycles. The number of amides is 1. The second kappa shape index (κ2) is 6.84. The maximum atomic E-state index is 11.9. The zero-order valence-corrected chi connectivity index (χ0v) is 11.3. The Hall–Kier alpha value is -0.770. The maximum Gasteiger partial charge on any atom is 0.251 e. The minimum atomic E-state index is -0.190. The molecule has 0 aromatic heterocycles. The molecule has 0 bridgehead atoms. The van der Waals surface area contributed by atoms with E-state index in [1.165, 1.54) is 0 Å². The van der Waals surface area contributed by atoms with Crippen molar-refractivity contribution in [3.05, 3.63) is 34.3 Å². The summed E-state index contributed by atoms with van der Waals surface area (Å²) < 4.78 is 4.95. The van der Waals surface area contributed by atoms with Crippen molar-refractivity contribution in [2.24, 2.45) is 0 Å². The van der Waals surface area contributed by atoms with Crippen molar-refractivity contribution in [2.75, 3.05) is 19.6 Å². The first-order chi connectivity index (χ1) is 8.08. The fraction of sp³-hybridized carbons (Fsp3) is 0.417. The first kappa shape index (κ1) is 14.3. The summed E-state index contributed by atoms with van der Waals surface area (Å²) in [5, 5.41) is 3.44. The number of rotatable bonds is 5. The van der Waals surface area contributed by atoms with Gasteiger partial charge in [-0.3, -0.25) is 4.79 Å². The van der Waals surface area contributed by atoms with Crippen LogP contribution in [-0.2, 0) is 4.74 Å². The first-order valence-corrected chi connectivity index (χ1v) is 6.11. The number of ether oxygens (including phenoxy) is 1. The maximum absolute atomic E-state index is 11.9. The molecule has 0 spiro atoms. The summed E-state index contributed by atoms with van der Waals surface area (Å²) in [4.78, 5) is 11.9. The molecule has 0 radical (unpaired) electrons. The van der Waals surface area contributed by atoms with Crippen LogP contribution in [-0.4, -0.2) is 31.5 Å². The van der Waals surface area contributed by atoms with E-state index in [2.05, 4.69) is 5.32 Å². The lowest BCUT2D eigenvalue weighted by Crippen LogP contribution is -2.39. The Morgan fingerprint density at radius 3 is 2.76 bits per heavy atom.